The summed E-state index contributed by atoms with van der Waals surface area (Å²) in [5.74, 6) is 0. The van der Waals surface area contributed by atoms with Gasteiger partial charge in [-0.05, 0) is 75.1 Å². The van der Waals surface area contributed by atoms with E-state index in [1.165, 1.54) is 83.9 Å². The van der Waals surface area contributed by atoms with Crippen LogP contribution in [0, 0.1) is 0 Å². The number of para-hydroxylation sites is 2. The highest BCUT2D eigenvalue weighted by molar-refractivity contribution is 6.95. The SMILES string of the molecule is c1ccc(-c2ccc(N3c4cccc5c4B4c6c(cccc63)-c3ccccc3N4c3ccccc3-5)c(-c3ccccc3)c2)cc1. The van der Waals surface area contributed by atoms with Gasteiger partial charge in [-0.1, -0.05) is 127 Å². The fourth-order valence-corrected chi connectivity index (χ4v) is 7.95. The van der Waals surface area contributed by atoms with Gasteiger partial charge in [-0.25, -0.2) is 0 Å². The zero-order valence-electron chi connectivity index (χ0n) is 24.6. The summed E-state index contributed by atoms with van der Waals surface area (Å²) in [5.41, 5.74) is 19.0. The minimum Gasteiger partial charge on any atom is -0.376 e. The summed E-state index contributed by atoms with van der Waals surface area (Å²) >= 11 is 0. The van der Waals surface area contributed by atoms with Crippen molar-refractivity contribution >= 4 is 46.2 Å². The molecule has 0 aromatic heterocycles. The summed E-state index contributed by atoms with van der Waals surface area (Å²) in [4.78, 5) is 5.13. The van der Waals surface area contributed by atoms with Crippen molar-refractivity contribution in [1.82, 2.24) is 0 Å². The lowest BCUT2D eigenvalue weighted by molar-refractivity contribution is 1.26. The molecule has 3 heterocycles. The molecule has 0 saturated heterocycles. The van der Waals surface area contributed by atoms with Crippen molar-refractivity contribution in [2.24, 2.45) is 0 Å². The highest BCUT2D eigenvalue weighted by atomic mass is 15.2. The molecule has 0 saturated carbocycles. The van der Waals surface area contributed by atoms with Gasteiger partial charge in [0.05, 0.1) is 5.69 Å². The minimum atomic E-state index is 0.0900. The van der Waals surface area contributed by atoms with Crippen LogP contribution in [-0.2, 0) is 0 Å². The molecule has 45 heavy (non-hydrogen) atoms. The predicted octanol–water partition coefficient (Wildman–Crippen LogP) is 9.71. The lowest BCUT2D eigenvalue weighted by atomic mass is 9.41. The number of nitrogens with zero attached hydrogens (tertiary/aromatic N) is 2. The van der Waals surface area contributed by atoms with Crippen molar-refractivity contribution < 1.29 is 0 Å². The topological polar surface area (TPSA) is 6.48 Å². The van der Waals surface area contributed by atoms with E-state index in [0.29, 0.717) is 0 Å². The molecule has 0 amide bonds. The van der Waals surface area contributed by atoms with Crippen LogP contribution in [0.2, 0.25) is 0 Å². The molecule has 0 atom stereocenters. The molecule has 0 radical (unpaired) electrons. The van der Waals surface area contributed by atoms with Crippen LogP contribution in [0.15, 0.2) is 164 Å². The van der Waals surface area contributed by atoms with Gasteiger partial charge in [-0.3, -0.25) is 0 Å². The van der Waals surface area contributed by atoms with Gasteiger partial charge in [-0.15, -0.1) is 0 Å². The van der Waals surface area contributed by atoms with Crippen molar-refractivity contribution in [3.63, 3.8) is 0 Å². The number of hydrogen-bond acceptors (Lipinski definition) is 2. The fourth-order valence-electron chi connectivity index (χ4n) is 7.95. The van der Waals surface area contributed by atoms with Gasteiger partial charge in [0.25, 0.3) is 0 Å². The normalized spacial score (nSPS) is 13.2. The maximum Gasteiger partial charge on any atom is 0.333 e. The van der Waals surface area contributed by atoms with E-state index in [9.17, 15) is 0 Å². The third-order valence-electron chi connectivity index (χ3n) is 9.79. The van der Waals surface area contributed by atoms with E-state index in [-0.39, 0.29) is 6.85 Å². The van der Waals surface area contributed by atoms with Crippen LogP contribution in [0.25, 0.3) is 44.5 Å². The van der Waals surface area contributed by atoms with Gasteiger partial charge in [0.2, 0.25) is 0 Å². The summed E-state index contributed by atoms with van der Waals surface area (Å²) in [6.45, 7) is 0.0900. The van der Waals surface area contributed by atoms with Crippen LogP contribution in [0.5, 0.6) is 0 Å². The zero-order chi connectivity index (χ0) is 29.5. The molecular formula is C42H27BN2. The summed E-state index contributed by atoms with van der Waals surface area (Å²) in [5, 5.41) is 0. The molecule has 0 unspecified atom stereocenters. The fraction of sp³-hybridized carbons (Fsp3) is 0. The smallest absolute Gasteiger partial charge is 0.333 e. The second-order valence-corrected chi connectivity index (χ2v) is 12.1. The number of fused-ring (bicyclic) bond motifs is 6. The molecule has 208 valence electrons. The third-order valence-corrected chi connectivity index (χ3v) is 9.79. The Hall–Kier alpha value is -5.80. The van der Waals surface area contributed by atoms with Crippen LogP contribution >= 0.6 is 0 Å². The minimum absolute atomic E-state index is 0.0900. The van der Waals surface area contributed by atoms with Crippen molar-refractivity contribution in [2.45, 2.75) is 0 Å². The van der Waals surface area contributed by atoms with Gasteiger partial charge < -0.3 is 9.71 Å². The van der Waals surface area contributed by atoms with Crippen molar-refractivity contribution in [1.29, 1.82) is 0 Å². The average Bonchev–Trinajstić information content (AvgIpc) is 3.12. The van der Waals surface area contributed by atoms with Crippen molar-refractivity contribution in [3.8, 4) is 44.5 Å². The predicted molar refractivity (Wildman–Crippen MR) is 190 cm³/mol. The van der Waals surface area contributed by atoms with Crippen molar-refractivity contribution in [3.05, 3.63) is 164 Å². The second-order valence-electron chi connectivity index (χ2n) is 12.1. The quantitative estimate of drug-likeness (QED) is 0.195. The van der Waals surface area contributed by atoms with E-state index < -0.39 is 0 Å². The number of benzene rings is 7. The van der Waals surface area contributed by atoms with Crippen molar-refractivity contribution in [2.75, 3.05) is 9.71 Å². The zero-order valence-corrected chi connectivity index (χ0v) is 24.6. The first-order chi connectivity index (χ1) is 22.4. The van der Waals surface area contributed by atoms with Gasteiger partial charge in [-0.2, -0.15) is 0 Å². The Kier molecular flexibility index (Phi) is 5.12. The van der Waals surface area contributed by atoms with E-state index in [1.807, 2.05) is 0 Å². The lowest BCUT2D eigenvalue weighted by Gasteiger charge is -2.49. The monoisotopic (exact) mass is 570 g/mol. The van der Waals surface area contributed by atoms with Crippen LogP contribution in [-0.4, -0.2) is 6.85 Å². The van der Waals surface area contributed by atoms with Gasteiger partial charge in [0.1, 0.15) is 0 Å². The first kappa shape index (κ1) is 24.6. The number of anilines is 5. The van der Waals surface area contributed by atoms with E-state index in [0.717, 1.165) is 0 Å². The Labute approximate surface area is 263 Å². The molecule has 3 aliphatic heterocycles. The van der Waals surface area contributed by atoms with E-state index in [1.54, 1.807) is 0 Å². The molecule has 7 aromatic carbocycles. The summed E-state index contributed by atoms with van der Waals surface area (Å²) < 4.78 is 0. The maximum atomic E-state index is 2.59. The van der Waals surface area contributed by atoms with Crippen LogP contribution in [0.1, 0.15) is 0 Å². The van der Waals surface area contributed by atoms with E-state index in [4.69, 9.17) is 0 Å². The highest BCUT2D eigenvalue weighted by Gasteiger charge is 2.48. The first-order valence-corrected chi connectivity index (χ1v) is 15.7. The van der Waals surface area contributed by atoms with Gasteiger partial charge in [0, 0.05) is 39.4 Å². The molecule has 3 heteroatoms. The van der Waals surface area contributed by atoms with Gasteiger partial charge >= 0.3 is 6.85 Å². The van der Waals surface area contributed by atoms with Crippen LogP contribution < -0.4 is 20.6 Å². The van der Waals surface area contributed by atoms with E-state index >= 15 is 0 Å². The number of rotatable bonds is 3. The standard InChI is InChI=1S/C42H27BN2/c1-3-13-28(14-4-1)30-25-26-36(35(27-30)29-15-5-2-6-16-29)44-39-23-11-19-33-31-17-7-9-21-37(31)45-38-22-10-8-18-32(38)34-20-12-24-40(44)42(34)43(45)41(33)39/h1-27H. The summed E-state index contributed by atoms with van der Waals surface area (Å²) in [7, 11) is 0. The lowest BCUT2D eigenvalue weighted by Crippen LogP contribution is -2.63. The Morgan fingerprint density at radius 3 is 1.40 bits per heavy atom. The van der Waals surface area contributed by atoms with Crippen LogP contribution in [0.4, 0.5) is 28.4 Å². The molecule has 7 aromatic rings. The molecule has 10 rings (SSSR count). The van der Waals surface area contributed by atoms with Gasteiger partial charge in [0.15, 0.2) is 0 Å². The molecule has 3 aliphatic rings. The first-order valence-electron chi connectivity index (χ1n) is 15.7. The Morgan fingerprint density at radius 2 is 0.800 bits per heavy atom. The highest BCUT2D eigenvalue weighted by Crippen LogP contribution is 2.52. The third kappa shape index (κ3) is 3.41. The molecule has 0 N–H and O–H groups in total. The molecule has 2 nitrogen and oxygen atoms in total. The molecule has 0 fully saturated rings. The Morgan fingerprint density at radius 1 is 0.311 bits per heavy atom. The summed E-state index contributed by atoms with van der Waals surface area (Å²) in [6.07, 6.45) is 0. The van der Waals surface area contributed by atoms with E-state index in [2.05, 4.69) is 174 Å². The maximum absolute atomic E-state index is 2.59. The average molecular weight is 571 g/mol. The number of hydrogen-bond donors (Lipinski definition) is 0. The van der Waals surface area contributed by atoms with Crippen LogP contribution in [0.3, 0.4) is 0 Å². The largest absolute Gasteiger partial charge is 0.376 e. The Balaban J connectivity index is 1.32. The Bertz CT molecular complexity index is 2190. The molecule has 0 spiro atoms. The summed E-state index contributed by atoms with van der Waals surface area (Å²) in [6, 6.07) is 60.1. The second kappa shape index (κ2) is 9.35. The molecule has 0 aliphatic carbocycles. The molecule has 0 bridgehead atoms. The molecular weight excluding hydrogens is 543 g/mol.